The first-order valence-electron chi connectivity index (χ1n) is 7.16. The highest BCUT2D eigenvalue weighted by molar-refractivity contribution is 7.92. The first-order chi connectivity index (χ1) is 11.0. The van der Waals surface area contributed by atoms with Gasteiger partial charge in [0.05, 0.1) is 22.6 Å². The number of fused-ring (bicyclic) bond motifs is 1. The minimum absolute atomic E-state index is 0.235. The molecule has 3 rings (SSSR count). The Labute approximate surface area is 135 Å². The molecule has 2 aromatic carbocycles. The standard InChI is InChI=1S/C17H17N3O2S/c1-3-11-20-12-15-16(18-20)5-4-6-17(15)19-23(21,22)14-9-7-13(2)8-10-14/h3-10,12,19H,1,11H2,2H3. The molecule has 6 heteroatoms. The lowest BCUT2D eigenvalue weighted by Crippen LogP contribution is -2.13. The molecular weight excluding hydrogens is 310 g/mol. The maximum atomic E-state index is 12.5. The predicted octanol–water partition coefficient (Wildman–Crippen LogP) is 3.33. The van der Waals surface area contributed by atoms with E-state index in [9.17, 15) is 8.42 Å². The molecule has 1 heterocycles. The Kier molecular flexibility index (Phi) is 3.92. The number of hydrogen-bond acceptors (Lipinski definition) is 3. The summed E-state index contributed by atoms with van der Waals surface area (Å²) in [5.74, 6) is 0. The largest absolute Gasteiger partial charge is 0.279 e. The molecule has 0 radical (unpaired) electrons. The van der Waals surface area contributed by atoms with E-state index < -0.39 is 10.0 Å². The van der Waals surface area contributed by atoms with E-state index in [4.69, 9.17) is 0 Å². The van der Waals surface area contributed by atoms with Crippen molar-refractivity contribution in [2.45, 2.75) is 18.4 Å². The summed E-state index contributed by atoms with van der Waals surface area (Å²) >= 11 is 0. The van der Waals surface area contributed by atoms with Crippen molar-refractivity contribution in [3.8, 4) is 0 Å². The van der Waals surface area contributed by atoms with Crippen molar-refractivity contribution in [2.75, 3.05) is 4.72 Å². The summed E-state index contributed by atoms with van der Waals surface area (Å²) in [6, 6.07) is 12.1. The number of nitrogens with one attached hydrogen (secondary N) is 1. The fraction of sp³-hybridized carbons (Fsp3) is 0.118. The van der Waals surface area contributed by atoms with Gasteiger partial charge in [0, 0.05) is 11.6 Å². The average molecular weight is 327 g/mol. The van der Waals surface area contributed by atoms with Crippen molar-refractivity contribution in [2.24, 2.45) is 0 Å². The van der Waals surface area contributed by atoms with Crippen LogP contribution in [0.15, 0.2) is 66.2 Å². The Balaban J connectivity index is 2.00. The van der Waals surface area contributed by atoms with Crippen LogP contribution in [0, 0.1) is 6.92 Å². The van der Waals surface area contributed by atoms with Crippen LogP contribution < -0.4 is 4.72 Å². The third-order valence-corrected chi connectivity index (χ3v) is 4.87. The van der Waals surface area contributed by atoms with Gasteiger partial charge in [-0.1, -0.05) is 29.8 Å². The number of aromatic nitrogens is 2. The number of rotatable bonds is 5. The molecule has 1 N–H and O–H groups in total. The summed E-state index contributed by atoms with van der Waals surface area (Å²) in [7, 11) is -3.63. The highest BCUT2D eigenvalue weighted by atomic mass is 32.2. The molecule has 0 saturated carbocycles. The number of sulfonamides is 1. The zero-order valence-electron chi connectivity index (χ0n) is 12.7. The molecule has 0 unspecified atom stereocenters. The lowest BCUT2D eigenvalue weighted by atomic mass is 10.2. The molecule has 118 valence electrons. The molecular formula is C17H17N3O2S. The molecule has 0 saturated heterocycles. The van der Waals surface area contributed by atoms with Gasteiger partial charge in [-0.2, -0.15) is 5.10 Å². The van der Waals surface area contributed by atoms with Gasteiger partial charge in [0.2, 0.25) is 0 Å². The van der Waals surface area contributed by atoms with Crippen LogP contribution in [0.3, 0.4) is 0 Å². The van der Waals surface area contributed by atoms with E-state index in [1.54, 1.807) is 47.2 Å². The molecule has 23 heavy (non-hydrogen) atoms. The average Bonchev–Trinajstić information content (AvgIpc) is 2.91. The zero-order chi connectivity index (χ0) is 16.4. The van der Waals surface area contributed by atoms with Crippen molar-refractivity contribution in [1.82, 2.24) is 9.78 Å². The van der Waals surface area contributed by atoms with Crippen LogP contribution in [-0.4, -0.2) is 18.2 Å². The summed E-state index contributed by atoms with van der Waals surface area (Å²) in [5, 5.41) is 5.14. The second-order valence-corrected chi connectivity index (χ2v) is 6.98. The number of anilines is 1. The number of nitrogens with zero attached hydrogens (tertiary/aromatic N) is 2. The lowest BCUT2D eigenvalue weighted by molar-refractivity contribution is 0.601. The summed E-state index contributed by atoms with van der Waals surface area (Å²) in [6.45, 7) is 6.17. The van der Waals surface area contributed by atoms with Gasteiger partial charge >= 0.3 is 0 Å². The van der Waals surface area contributed by atoms with Gasteiger partial charge < -0.3 is 0 Å². The molecule has 0 spiro atoms. The van der Waals surface area contributed by atoms with Gasteiger partial charge in [-0.3, -0.25) is 9.40 Å². The van der Waals surface area contributed by atoms with Crippen LogP contribution in [0.5, 0.6) is 0 Å². The highest BCUT2D eigenvalue weighted by Gasteiger charge is 2.16. The number of aryl methyl sites for hydroxylation is 1. The van der Waals surface area contributed by atoms with Gasteiger partial charge in [0.25, 0.3) is 10.0 Å². The number of allylic oxidation sites excluding steroid dienone is 1. The first kappa shape index (κ1) is 15.3. The second kappa shape index (κ2) is 5.89. The van der Waals surface area contributed by atoms with E-state index in [0.717, 1.165) is 16.5 Å². The Morgan fingerprint density at radius 2 is 1.96 bits per heavy atom. The molecule has 0 atom stereocenters. The topological polar surface area (TPSA) is 64.0 Å². The van der Waals surface area contributed by atoms with Crippen molar-refractivity contribution in [1.29, 1.82) is 0 Å². The van der Waals surface area contributed by atoms with E-state index in [0.29, 0.717) is 12.2 Å². The van der Waals surface area contributed by atoms with Gasteiger partial charge in [-0.05, 0) is 31.2 Å². The monoisotopic (exact) mass is 327 g/mol. The normalized spacial score (nSPS) is 11.5. The molecule has 0 aliphatic heterocycles. The van der Waals surface area contributed by atoms with Gasteiger partial charge in [-0.25, -0.2) is 8.42 Å². The Morgan fingerprint density at radius 1 is 1.22 bits per heavy atom. The molecule has 0 aliphatic rings. The summed E-state index contributed by atoms with van der Waals surface area (Å²) in [4.78, 5) is 0.235. The predicted molar refractivity (Wildman–Crippen MR) is 91.9 cm³/mol. The smallest absolute Gasteiger partial charge is 0.261 e. The van der Waals surface area contributed by atoms with Crippen LogP contribution in [0.1, 0.15) is 5.56 Å². The van der Waals surface area contributed by atoms with Gasteiger partial charge in [0.1, 0.15) is 0 Å². The Hall–Kier alpha value is -2.60. The molecule has 0 amide bonds. The van der Waals surface area contributed by atoms with Crippen LogP contribution in [0.4, 0.5) is 5.69 Å². The third-order valence-electron chi connectivity index (χ3n) is 3.49. The minimum Gasteiger partial charge on any atom is -0.279 e. The van der Waals surface area contributed by atoms with E-state index in [1.165, 1.54) is 0 Å². The highest BCUT2D eigenvalue weighted by Crippen LogP contribution is 2.25. The molecule has 0 aliphatic carbocycles. The third kappa shape index (κ3) is 3.12. The van der Waals surface area contributed by atoms with E-state index in [-0.39, 0.29) is 4.90 Å². The van der Waals surface area contributed by atoms with Crippen molar-refractivity contribution in [3.05, 3.63) is 66.9 Å². The van der Waals surface area contributed by atoms with E-state index in [1.807, 2.05) is 19.2 Å². The van der Waals surface area contributed by atoms with Gasteiger partial charge in [-0.15, -0.1) is 6.58 Å². The first-order valence-corrected chi connectivity index (χ1v) is 8.64. The molecule has 3 aromatic rings. The quantitative estimate of drug-likeness (QED) is 0.731. The Morgan fingerprint density at radius 3 is 2.65 bits per heavy atom. The fourth-order valence-corrected chi connectivity index (χ4v) is 3.41. The zero-order valence-corrected chi connectivity index (χ0v) is 13.5. The number of benzene rings is 2. The van der Waals surface area contributed by atoms with Crippen molar-refractivity contribution < 1.29 is 8.42 Å². The minimum atomic E-state index is -3.63. The fourth-order valence-electron chi connectivity index (χ4n) is 2.33. The van der Waals surface area contributed by atoms with Crippen LogP contribution >= 0.6 is 0 Å². The number of hydrogen-bond donors (Lipinski definition) is 1. The summed E-state index contributed by atoms with van der Waals surface area (Å²) in [5.41, 5.74) is 2.26. The van der Waals surface area contributed by atoms with E-state index in [2.05, 4.69) is 16.4 Å². The molecule has 5 nitrogen and oxygen atoms in total. The van der Waals surface area contributed by atoms with Gasteiger partial charge in [0.15, 0.2) is 0 Å². The molecule has 1 aromatic heterocycles. The maximum absolute atomic E-state index is 12.5. The maximum Gasteiger partial charge on any atom is 0.261 e. The SMILES string of the molecule is C=CCn1cc2c(NS(=O)(=O)c3ccc(C)cc3)cccc2n1. The molecule has 0 bridgehead atoms. The van der Waals surface area contributed by atoms with Crippen LogP contribution in [0.25, 0.3) is 10.9 Å². The van der Waals surface area contributed by atoms with Crippen LogP contribution in [0.2, 0.25) is 0 Å². The second-order valence-electron chi connectivity index (χ2n) is 5.30. The van der Waals surface area contributed by atoms with Crippen molar-refractivity contribution in [3.63, 3.8) is 0 Å². The summed E-state index contributed by atoms with van der Waals surface area (Å²) in [6.07, 6.45) is 3.55. The molecule has 0 fully saturated rings. The summed E-state index contributed by atoms with van der Waals surface area (Å²) < 4.78 is 29.4. The lowest BCUT2D eigenvalue weighted by Gasteiger charge is -2.09. The van der Waals surface area contributed by atoms with E-state index >= 15 is 0 Å². The van der Waals surface area contributed by atoms with Crippen LogP contribution in [-0.2, 0) is 16.6 Å². The van der Waals surface area contributed by atoms with Crippen molar-refractivity contribution >= 4 is 26.6 Å². The Bertz CT molecular complexity index is 957.